The van der Waals surface area contributed by atoms with Gasteiger partial charge in [0.1, 0.15) is 13.2 Å². The highest BCUT2D eigenvalue weighted by atomic mass is 16.6. The fourth-order valence-electron chi connectivity index (χ4n) is 4.55. The molecule has 5 rings (SSSR count). The van der Waals surface area contributed by atoms with Crippen LogP contribution in [0.25, 0.3) is 0 Å². The number of rotatable bonds is 4. The smallest absolute Gasteiger partial charge is 0.236 e. The van der Waals surface area contributed by atoms with E-state index in [2.05, 4.69) is 28.9 Å². The van der Waals surface area contributed by atoms with E-state index in [9.17, 15) is 4.79 Å². The Kier molecular flexibility index (Phi) is 5.28. The van der Waals surface area contributed by atoms with Crippen molar-refractivity contribution in [3.63, 3.8) is 0 Å². The van der Waals surface area contributed by atoms with Gasteiger partial charge in [-0.15, -0.1) is 0 Å². The van der Waals surface area contributed by atoms with Crippen molar-refractivity contribution in [3.05, 3.63) is 23.3 Å². The zero-order chi connectivity index (χ0) is 19.0. The number of carbonyl (C=O) groups is 1. The summed E-state index contributed by atoms with van der Waals surface area (Å²) in [5, 5.41) is 0. The number of carbonyl (C=O) groups excluding carboxylic acids is 1. The first-order valence-corrected chi connectivity index (χ1v) is 10.1. The number of ether oxygens (including phenoxy) is 2. The summed E-state index contributed by atoms with van der Waals surface area (Å²) >= 11 is 0. The lowest BCUT2D eigenvalue weighted by Gasteiger charge is -2.36. The Hall–Kier alpha value is -1.79. The first-order chi connectivity index (χ1) is 13.0. The summed E-state index contributed by atoms with van der Waals surface area (Å²) in [6, 6.07) is 4.80. The van der Waals surface area contributed by atoms with Gasteiger partial charge in [0.25, 0.3) is 0 Å². The lowest BCUT2D eigenvalue weighted by atomic mass is 9.94. The minimum Gasteiger partial charge on any atom is -0.486 e. The molecule has 2 bridgehead atoms. The molecule has 0 spiro atoms. The standard InChI is InChI=1S/C21H31N3O3/c1-15-8-19-20(27-7-6-26-19)9-17(15)12-24-11-16-4-5-18(24)13-23(10-16)14-21(25)22(2)3/h8-9,16,18H,4-7,10-14H2,1-3H3. The van der Waals surface area contributed by atoms with E-state index in [-0.39, 0.29) is 5.91 Å². The summed E-state index contributed by atoms with van der Waals surface area (Å²) in [5.41, 5.74) is 2.58. The summed E-state index contributed by atoms with van der Waals surface area (Å²) in [6.45, 7) is 8.03. The average molecular weight is 373 g/mol. The summed E-state index contributed by atoms with van der Waals surface area (Å²) < 4.78 is 11.5. The molecule has 0 aliphatic carbocycles. The lowest BCUT2D eigenvalue weighted by molar-refractivity contribution is -0.130. The van der Waals surface area contributed by atoms with Crippen molar-refractivity contribution >= 4 is 5.91 Å². The van der Waals surface area contributed by atoms with Crippen LogP contribution in [-0.2, 0) is 11.3 Å². The van der Waals surface area contributed by atoms with Crippen LogP contribution >= 0.6 is 0 Å². The number of aryl methyl sites for hydroxylation is 1. The number of benzene rings is 1. The maximum Gasteiger partial charge on any atom is 0.236 e. The molecule has 4 heterocycles. The maximum atomic E-state index is 12.2. The van der Waals surface area contributed by atoms with E-state index in [0.29, 0.717) is 31.7 Å². The monoisotopic (exact) mass is 373 g/mol. The Morgan fingerprint density at radius 2 is 1.85 bits per heavy atom. The Labute approximate surface area is 162 Å². The molecule has 0 N–H and O–H groups in total. The molecule has 6 heteroatoms. The van der Waals surface area contributed by atoms with Gasteiger partial charge in [-0.1, -0.05) is 0 Å². The van der Waals surface area contributed by atoms with E-state index >= 15 is 0 Å². The summed E-state index contributed by atoms with van der Waals surface area (Å²) in [7, 11) is 3.68. The van der Waals surface area contributed by atoms with E-state index in [1.54, 1.807) is 4.90 Å². The number of piperidine rings is 1. The van der Waals surface area contributed by atoms with Gasteiger partial charge in [0.05, 0.1) is 6.54 Å². The second-order valence-corrected chi connectivity index (χ2v) is 8.43. The van der Waals surface area contributed by atoms with E-state index in [0.717, 1.165) is 37.7 Å². The van der Waals surface area contributed by atoms with Crippen molar-refractivity contribution in [1.29, 1.82) is 0 Å². The fraction of sp³-hybridized carbons (Fsp3) is 0.667. The highest BCUT2D eigenvalue weighted by Crippen LogP contribution is 2.35. The van der Waals surface area contributed by atoms with Crippen molar-refractivity contribution in [1.82, 2.24) is 14.7 Å². The normalized spacial score (nSPS) is 25.3. The molecule has 4 aliphatic rings. The van der Waals surface area contributed by atoms with Gasteiger partial charge in [0, 0.05) is 46.3 Å². The molecule has 27 heavy (non-hydrogen) atoms. The van der Waals surface area contributed by atoms with Crippen LogP contribution in [-0.4, -0.2) is 80.1 Å². The maximum absolute atomic E-state index is 12.2. The highest BCUT2D eigenvalue weighted by molar-refractivity contribution is 5.77. The van der Waals surface area contributed by atoms with Gasteiger partial charge < -0.3 is 14.4 Å². The number of likely N-dealkylation sites (N-methyl/N-ethyl adjacent to an activating group) is 1. The molecule has 0 saturated carbocycles. The topological polar surface area (TPSA) is 45.2 Å². The third kappa shape index (κ3) is 4.06. The Balaban J connectivity index is 1.47. The third-order valence-corrected chi connectivity index (χ3v) is 6.13. The van der Waals surface area contributed by atoms with E-state index in [1.165, 1.54) is 24.0 Å². The van der Waals surface area contributed by atoms with Crippen molar-refractivity contribution < 1.29 is 14.3 Å². The molecule has 6 nitrogen and oxygen atoms in total. The predicted molar refractivity (Wildman–Crippen MR) is 104 cm³/mol. The Morgan fingerprint density at radius 3 is 2.59 bits per heavy atom. The van der Waals surface area contributed by atoms with Crippen molar-refractivity contribution in [2.24, 2.45) is 5.92 Å². The molecule has 2 unspecified atom stereocenters. The summed E-state index contributed by atoms with van der Waals surface area (Å²) in [5.74, 6) is 2.59. The van der Waals surface area contributed by atoms with Crippen LogP contribution in [0.1, 0.15) is 24.0 Å². The van der Waals surface area contributed by atoms with Crippen molar-refractivity contribution in [2.45, 2.75) is 32.4 Å². The second kappa shape index (κ2) is 7.68. The van der Waals surface area contributed by atoms with Crippen LogP contribution in [0.3, 0.4) is 0 Å². The number of hydrogen-bond donors (Lipinski definition) is 0. The SMILES string of the molecule is Cc1cc2c(cc1CN1CC3CCC1CN(CC(=O)N(C)C)C3)OCCO2. The molecule has 3 fully saturated rings. The molecule has 4 aliphatic heterocycles. The van der Waals surface area contributed by atoms with E-state index < -0.39 is 0 Å². The van der Waals surface area contributed by atoms with Gasteiger partial charge in [0.2, 0.25) is 5.91 Å². The van der Waals surface area contributed by atoms with Crippen LogP contribution in [0, 0.1) is 12.8 Å². The quantitative estimate of drug-likeness (QED) is 0.805. The minimum absolute atomic E-state index is 0.200. The molecule has 2 atom stereocenters. The lowest BCUT2D eigenvalue weighted by Crippen LogP contribution is -2.44. The van der Waals surface area contributed by atoms with Crippen molar-refractivity contribution in [2.75, 3.05) is 53.5 Å². The van der Waals surface area contributed by atoms with Crippen molar-refractivity contribution in [3.8, 4) is 11.5 Å². The van der Waals surface area contributed by atoms with Gasteiger partial charge >= 0.3 is 0 Å². The van der Waals surface area contributed by atoms with Gasteiger partial charge in [-0.3, -0.25) is 14.6 Å². The van der Waals surface area contributed by atoms with Crippen LogP contribution in [0.2, 0.25) is 0 Å². The van der Waals surface area contributed by atoms with Gasteiger partial charge in [-0.2, -0.15) is 0 Å². The minimum atomic E-state index is 0.200. The number of amides is 1. The average Bonchev–Trinajstić information content (AvgIpc) is 2.92. The zero-order valence-corrected chi connectivity index (χ0v) is 16.7. The molecular weight excluding hydrogens is 342 g/mol. The molecule has 0 aromatic heterocycles. The van der Waals surface area contributed by atoms with E-state index in [1.807, 2.05) is 14.1 Å². The number of hydrogen-bond acceptors (Lipinski definition) is 5. The molecule has 0 radical (unpaired) electrons. The van der Waals surface area contributed by atoms with Crippen LogP contribution in [0.4, 0.5) is 0 Å². The van der Waals surface area contributed by atoms with Gasteiger partial charge in [0.15, 0.2) is 11.5 Å². The zero-order valence-electron chi connectivity index (χ0n) is 16.7. The van der Waals surface area contributed by atoms with E-state index in [4.69, 9.17) is 9.47 Å². The van der Waals surface area contributed by atoms with Crippen LogP contribution in [0.15, 0.2) is 12.1 Å². The van der Waals surface area contributed by atoms with Gasteiger partial charge in [-0.05, 0) is 48.9 Å². The summed E-state index contributed by atoms with van der Waals surface area (Å²) in [4.78, 5) is 18.8. The first-order valence-electron chi connectivity index (χ1n) is 10.1. The summed E-state index contributed by atoms with van der Waals surface area (Å²) in [6.07, 6.45) is 2.49. The molecule has 148 valence electrons. The third-order valence-electron chi connectivity index (χ3n) is 6.13. The Morgan fingerprint density at radius 1 is 1.11 bits per heavy atom. The van der Waals surface area contributed by atoms with Crippen LogP contribution < -0.4 is 9.47 Å². The Bertz CT molecular complexity index is 706. The highest BCUT2D eigenvalue weighted by Gasteiger charge is 2.35. The second-order valence-electron chi connectivity index (χ2n) is 8.43. The molecule has 1 aromatic carbocycles. The molecular formula is C21H31N3O3. The molecule has 1 amide bonds. The number of nitrogens with zero attached hydrogens (tertiary/aromatic N) is 3. The molecule has 3 saturated heterocycles. The number of fused-ring (bicyclic) bond motifs is 5. The predicted octanol–water partition coefficient (Wildman–Crippen LogP) is 1.75. The van der Waals surface area contributed by atoms with Gasteiger partial charge in [-0.25, -0.2) is 0 Å². The van der Waals surface area contributed by atoms with Crippen LogP contribution in [0.5, 0.6) is 11.5 Å². The fourth-order valence-corrected chi connectivity index (χ4v) is 4.55. The largest absolute Gasteiger partial charge is 0.486 e. The first kappa shape index (κ1) is 18.6. The molecule has 1 aromatic rings.